The zero-order valence-electron chi connectivity index (χ0n) is 12.6. The quantitative estimate of drug-likeness (QED) is 0.891. The molecule has 0 bridgehead atoms. The van der Waals surface area contributed by atoms with Gasteiger partial charge in [0, 0.05) is 24.1 Å². The molecule has 2 N–H and O–H groups in total. The van der Waals surface area contributed by atoms with E-state index in [1.165, 1.54) is 5.56 Å². The third kappa shape index (κ3) is 3.40. The molecule has 0 radical (unpaired) electrons. The Labute approximate surface area is 121 Å². The lowest BCUT2D eigenvalue weighted by atomic mass is 9.86. The number of rotatable bonds is 3. The Morgan fingerprint density at radius 2 is 1.90 bits per heavy atom. The van der Waals surface area contributed by atoms with E-state index in [-0.39, 0.29) is 29.9 Å². The van der Waals surface area contributed by atoms with Crippen LogP contribution in [0, 0.1) is 5.92 Å². The minimum Gasteiger partial charge on any atom is -0.396 e. The predicted molar refractivity (Wildman–Crippen MR) is 80.8 cm³/mol. The Balaban J connectivity index is 2.02. The highest BCUT2D eigenvalue weighted by molar-refractivity contribution is 5.94. The van der Waals surface area contributed by atoms with Crippen molar-refractivity contribution in [2.75, 3.05) is 6.61 Å². The van der Waals surface area contributed by atoms with E-state index in [1.54, 1.807) is 0 Å². The van der Waals surface area contributed by atoms with Gasteiger partial charge in [-0.1, -0.05) is 39.3 Å². The van der Waals surface area contributed by atoms with Gasteiger partial charge in [0.1, 0.15) is 0 Å². The van der Waals surface area contributed by atoms with Crippen molar-refractivity contribution in [3.05, 3.63) is 35.4 Å². The first-order valence-electron chi connectivity index (χ1n) is 7.44. The lowest BCUT2D eigenvalue weighted by Crippen LogP contribution is -2.38. The molecule has 0 aliphatic heterocycles. The number of hydrogen-bond donors (Lipinski definition) is 2. The van der Waals surface area contributed by atoms with Gasteiger partial charge in [-0.25, -0.2) is 0 Å². The van der Waals surface area contributed by atoms with Crippen molar-refractivity contribution in [2.45, 2.75) is 51.5 Å². The van der Waals surface area contributed by atoms with E-state index in [0.717, 1.165) is 19.3 Å². The van der Waals surface area contributed by atoms with Crippen LogP contribution in [0.1, 0.15) is 56.0 Å². The molecule has 2 unspecified atom stereocenters. The maximum absolute atomic E-state index is 12.2. The molecule has 1 fully saturated rings. The van der Waals surface area contributed by atoms with E-state index in [0.29, 0.717) is 5.56 Å². The summed E-state index contributed by atoms with van der Waals surface area (Å²) in [6.07, 6.45) is 3.06. The summed E-state index contributed by atoms with van der Waals surface area (Å²) in [5, 5.41) is 12.3. The van der Waals surface area contributed by atoms with Crippen molar-refractivity contribution in [3.8, 4) is 0 Å². The molecule has 110 valence electrons. The van der Waals surface area contributed by atoms with Crippen LogP contribution in [-0.4, -0.2) is 23.7 Å². The summed E-state index contributed by atoms with van der Waals surface area (Å²) in [7, 11) is 0. The minimum atomic E-state index is -0.0317. The average molecular weight is 275 g/mol. The molecule has 3 heteroatoms. The summed E-state index contributed by atoms with van der Waals surface area (Å²) in [6, 6.07) is 7.94. The van der Waals surface area contributed by atoms with Crippen molar-refractivity contribution >= 4 is 5.91 Å². The van der Waals surface area contributed by atoms with Crippen LogP contribution in [0.2, 0.25) is 0 Å². The molecule has 3 nitrogen and oxygen atoms in total. The van der Waals surface area contributed by atoms with Gasteiger partial charge in [0.05, 0.1) is 0 Å². The largest absolute Gasteiger partial charge is 0.396 e. The zero-order chi connectivity index (χ0) is 14.8. The van der Waals surface area contributed by atoms with Gasteiger partial charge in [-0.2, -0.15) is 0 Å². The number of hydrogen-bond acceptors (Lipinski definition) is 2. The summed E-state index contributed by atoms with van der Waals surface area (Å²) >= 11 is 0. The van der Waals surface area contributed by atoms with Crippen LogP contribution in [0.15, 0.2) is 24.3 Å². The molecule has 1 aromatic carbocycles. The van der Waals surface area contributed by atoms with Gasteiger partial charge in [0.2, 0.25) is 0 Å². The molecular weight excluding hydrogens is 250 g/mol. The molecule has 2 rings (SSSR count). The Morgan fingerprint density at radius 3 is 2.45 bits per heavy atom. The first kappa shape index (κ1) is 15.0. The SMILES string of the molecule is CC(C)(C)c1ccc(C(=O)NC2CCCC2CO)cc1. The highest BCUT2D eigenvalue weighted by Gasteiger charge is 2.28. The van der Waals surface area contributed by atoms with Gasteiger partial charge in [-0.15, -0.1) is 0 Å². The molecule has 1 aliphatic carbocycles. The van der Waals surface area contributed by atoms with Crippen LogP contribution < -0.4 is 5.32 Å². The summed E-state index contributed by atoms with van der Waals surface area (Å²) < 4.78 is 0. The lowest BCUT2D eigenvalue weighted by molar-refractivity contribution is 0.0916. The maximum Gasteiger partial charge on any atom is 0.251 e. The van der Waals surface area contributed by atoms with Gasteiger partial charge < -0.3 is 10.4 Å². The first-order valence-corrected chi connectivity index (χ1v) is 7.44. The highest BCUT2D eigenvalue weighted by atomic mass is 16.3. The van der Waals surface area contributed by atoms with E-state index in [9.17, 15) is 9.90 Å². The molecule has 1 aliphatic rings. The number of nitrogens with one attached hydrogen (secondary N) is 1. The molecular formula is C17H25NO2. The van der Waals surface area contributed by atoms with E-state index < -0.39 is 0 Å². The topological polar surface area (TPSA) is 49.3 Å². The predicted octanol–water partition coefficient (Wildman–Crippen LogP) is 2.87. The third-order valence-electron chi connectivity index (χ3n) is 4.22. The second-order valence-electron chi connectivity index (χ2n) is 6.78. The van der Waals surface area contributed by atoms with E-state index in [4.69, 9.17) is 0 Å². The van der Waals surface area contributed by atoms with E-state index in [1.807, 2.05) is 24.3 Å². The maximum atomic E-state index is 12.2. The monoisotopic (exact) mass is 275 g/mol. The molecule has 0 heterocycles. The number of carbonyl (C=O) groups is 1. The fraction of sp³-hybridized carbons (Fsp3) is 0.588. The second kappa shape index (κ2) is 5.96. The molecule has 1 aromatic rings. The molecule has 1 saturated carbocycles. The number of aliphatic hydroxyl groups is 1. The Hall–Kier alpha value is -1.35. The van der Waals surface area contributed by atoms with Crippen molar-refractivity contribution in [1.29, 1.82) is 0 Å². The molecule has 20 heavy (non-hydrogen) atoms. The summed E-state index contributed by atoms with van der Waals surface area (Å²) in [6.45, 7) is 6.64. The normalized spacial score (nSPS) is 22.8. The fourth-order valence-electron chi connectivity index (χ4n) is 2.82. The number of benzene rings is 1. The van der Waals surface area contributed by atoms with Crippen LogP contribution in [-0.2, 0) is 5.41 Å². The van der Waals surface area contributed by atoms with Crippen LogP contribution in [0.5, 0.6) is 0 Å². The van der Waals surface area contributed by atoms with Gasteiger partial charge in [-0.3, -0.25) is 4.79 Å². The van der Waals surface area contributed by atoms with Gasteiger partial charge in [0.25, 0.3) is 5.91 Å². The standard InChI is InChI=1S/C17H25NO2/c1-17(2,3)14-9-7-12(8-10-14)16(20)18-15-6-4-5-13(15)11-19/h7-10,13,15,19H,4-6,11H2,1-3H3,(H,18,20). The second-order valence-corrected chi connectivity index (χ2v) is 6.78. The van der Waals surface area contributed by atoms with E-state index >= 15 is 0 Å². The van der Waals surface area contributed by atoms with Gasteiger partial charge >= 0.3 is 0 Å². The molecule has 0 saturated heterocycles. The van der Waals surface area contributed by atoms with Gasteiger partial charge in [-0.05, 0) is 36.0 Å². The van der Waals surface area contributed by atoms with Crippen LogP contribution in [0.4, 0.5) is 0 Å². The minimum absolute atomic E-state index is 0.0317. The molecule has 2 atom stereocenters. The summed E-state index contributed by atoms with van der Waals surface area (Å²) in [4.78, 5) is 12.2. The van der Waals surface area contributed by atoms with Crippen LogP contribution in [0.25, 0.3) is 0 Å². The Bertz CT molecular complexity index is 459. The highest BCUT2D eigenvalue weighted by Crippen LogP contribution is 2.26. The van der Waals surface area contributed by atoms with Crippen LogP contribution in [0.3, 0.4) is 0 Å². The van der Waals surface area contributed by atoms with Crippen LogP contribution >= 0.6 is 0 Å². The van der Waals surface area contributed by atoms with Gasteiger partial charge in [0.15, 0.2) is 0 Å². The number of carbonyl (C=O) groups excluding carboxylic acids is 1. The lowest BCUT2D eigenvalue weighted by Gasteiger charge is -2.21. The van der Waals surface area contributed by atoms with Crippen molar-refractivity contribution in [2.24, 2.45) is 5.92 Å². The Kier molecular flexibility index (Phi) is 4.48. The summed E-state index contributed by atoms with van der Waals surface area (Å²) in [5.74, 6) is 0.184. The smallest absolute Gasteiger partial charge is 0.251 e. The first-order chi connectivity index (χ1) is 9.41. The third-order valence-corrected chi connectivity index (χ3v) is 4.22. The number of aliphatic hydroxyl groups excluding tert-OH is 1. The van der Waals surface area contributed by atoms with Crippen molar-refractivity contribution in [3.63, 3.8) is 0 Å². The zero-order valence-corrected chi connectivity index (χ0v) is 12.6. The van der Waals surface area contributed by atoms with Crippen molar-refractivity contribution in [1.82, 2.24) is 5.32 Å². The van der Waals surface area contributed by atoms with E-state index in [2.05, 4.69) is 26.1 Å². The Morgan fingerprint density at radius 1 is 1.25 bits per heavy atom. The summed E-state index contributed by atoms with van der Waals surface area (Å²) in [5.41, 5.74) is 2.02. The molecule has 1 amide bonds. The molecule has 0 spiro atoms. The molecule has 0 aromatic heterocycles. The van der Waals surface area contributed by atoms with Crippen molar-refractivity contribution < 1.29 is 9.90 Å². The fourth-order valence-corrected chi connectivity index (χ4v) is 2.82. The average Bonchev–Trinajstić information content (AvgIpc) is 2.85. The number of amides is 1.